The lowest BCUT2D eigenvalue weighted by Crippen LogP contribution is -2.49. The largest absolute Gasteiger partial charge is 0.481 e. The Morgan fingerprint density at radius 3 is 2.18 bits per heavy atom. The number of carbonyl (C=O) groups excluding carboxylic acids is 2. The number of hydrogen-bond donors (Lipinski definition) is 3. The fourth-order valence-electron chi connectivity index (χ4n) is 4.28. The van der Waals surface area contributed by atoms with E-state index in [4.69, 9.17) is 4.74 Å². The van der Waals surface area contributed by atoms with Crippen molar-refractivity contribution in [1.29, 1.82) is 0 Å². The van der Waals surface area contributed by atoms with Gasteiger partial charge in [-0.15, -0.1) is 6.58 Å². The summed E-state index contributed by atoms with van der Waals surface area (Å²) in [6, 6.07) is 15.3. The zero-order valence-corrected chi connectivity index (χ0v) is 19.6. The van der Waals surface area contributed by atoms with Gasteiger partial charge in [0.2, 0.25) is 5.91 Å². The van der Waals surface area contributed by atoms with Gasteiger partial charge in [0.1, 0.15) is 12.6 Å². The summed E-state index contributed by atoms with van der Waals surface area (Å²) in [6.07, 6.45) is 1.81. The first kappa shape index (κ1) is 25.0. The van der Waals surface area contributed by atoms with Crippen LogP contribution in [0.3, 0.4) is 0 Å². The van der Waals surface area contributed by atoms with E-state index in [0.29, 0.717) is 12.8 Å². The minimum atomic E-state index is -0.970. The van der Waals surface area contributed by atoms with Crippen molar-refractivity contribution in [3.05, 3.63) is 72.3 Å². The number of allylic oxidation sites excluding steroid dienone is 1. The number of carboxylic acid groups (broad SMARTS) is 1. The Morgan fingerprint density at radius 2 is 1.65 bits per heavy atom. The smallest absolute Gasteiger partial charge is 0.407 e. The molecule has 0 fully saturated rings. The van der Waals surface area contributed by atoms with Crippen LogP contribution in [0.25, 0.3) is 11.1 Å². The second-order valence-electron chi connectivity index (χ2n) is 8.82. The average molecular weight is 465 g/mol. The average Bonchev–Trinajstić information content (AvgIpc) is 3.13. The maximum Gasteiger partial charge on any atom is 0.407 e. The molecule has 1 aliphatic carbocycles. The SMILES string of the molecule is C=CCCC(NC(=O)OCC1c2ccccc2-c2ccccc21)C(=O)NCC(C(=O)O)C(C)C. The first-order valence-corrected chi connectivity index (χ1v) is 11.6. The topological polar surface area (TPSA) is 105 Å². The molecule has 7 nitrogen and oxygen atoms in total. The van der Waals surface area contributed by atoms with E-state index in [1.54, 1.807) is 19.9 Å². The summed E-state index contributed by atoms with van der Waals surface area (Å²) in [7, 11) is 0. The maximum atomic E-state index is 12.7. The molecule has 2 aromatic rings. The molecule has 0 aromatic heterocycles. The number of aliphatic carboxylic acids is 1. The van der Waals surface area contributed by atoms with Crippen molar-refractivity contribution in [2.75, 3.05) is 13.2 Å². The van der Waals surface area contributed by atoms with Gasteiger partial charge in [0.25, 0.3) is 0 Å². The summed E-state index contributed by atoms with van der Waals surface area (Å²) in [5, 5.41) is 14.6. The lowest BCUT2D eigenvalue weighted by molar-refractivity contribution is -0.143. The molecule has 0 radical (unpaired) electrons. The van der Waals surface area contributed by atoms with Crippen molar-refractivity contribution >= 4 is 18.0 Å². The van der Waals surface area contributed by atoms with E-state index in [0.717, 1.165) is 22.3 Å². The van der Waals surface area contributed by atoms with E-state index >= 15 is 0 Å². The maximum absolute atomic E-state index is 12.7. The number of rotatable bonds is 11. The normalized spacial score (nSPS) is 14.0. The molecule has 0 aliphatic heterocycles. The van der Waals surface area contributed by atoms with Crippen LogP contribution in [0.15, 0.2) is 61.2 Å². The number of carbonyl (C=O) groups is 3. The van der Waals surface area contributed by atoms with Crippen molar-refractivity contribution in [3.63, 3.8) is 0 Å². The number of alkyl carbamates (subject to hydrolysis) is 1. The Hall–Kier alpha value is -3.61. The number of fused-ring (bicyclic) bond motifs is 3. The van der Waals surface area contributed by atoms with Crippen molar-refractivity contribution < 1.29 is 24.2 Å². The third-order valence-corrected chi connectivity index (χ3v) is 6.23. The molecule has 180 valence electrons. The van der Waals surface area contributed by atoms with Crippen LogP contribution < -0.4 is 10.6 Å². The Bertz CT molecular complexity index is 1000. The summed E-state index contributed by atoms with van der Waals surface area (Å²) >= 11 is 0. The molecule has 2 amide bonds. The quantitative estimate of drug-likeness (QED) is 0.429. The highest BCUT2D eigenvalue weighted by Crippen LogP contribution is 2.44. The highest BCUT2D eigenvalue weighted by molar-refractivity contribution is 5.86. The summed E-state index contributed by atoms with van der Waals surface area (Å²) in [4.78, 5) is 36.7. The molecule has 0 saturated heterocycles. The van der Waals surface area contributed by atoms with E-state index in [1.807, 2.05) is 36.4 Å². The van der Waals surface area contributed by atoms with Crippen molar-refractivity contribution in [1.82, 2.24) is 10.6 Å². The number of ether oxygens (including phenoxy) is 1. The molecule has 2 atom stereocenters. The molecular formula is C27H32N2O5. The minimum absolute atomic E-state index is 0.0111. The van der Waals surface area contributed by atoms with E-state index in [9.17, 15) is 19.5 Å². The molecule has 2 aromatic carbocycles. The fraction of sp³-hybridized carbons (Fsp3) is 0.370. The first-order valence-electron chi connectivity index (χ1n) is 11.6. The van der Waals surface area contributed by atoms with Gasteiger partial charge in [0.15, 0.2) is 0 Å². The molecule has 0 saturated carbocycles. The van der Waals surface area contributed by atoms with Crippen LogP contribution in [0.5, 0.6) is 0 Å². The van der Waals surface area contributed by atoms with Crippen molar-refractivity contribution in [2.24, 2.45) is 11.8 Å². The van der Waals surface area contributed by atoms with Crippen LogP contribution in [0.1, 0.15) is 43.7 Å². The Kier molecular flexibility index (Phi) is 8.46. The number of carboxylic acids is 1. The molecular weight excluding hydrogens is 432 g/mol. The van der Waals surface area contributed by atoms with E-state index in [2.05, 4.69) is 29.3 Å². The van der Waals surface area contributed by atoms with Gasteiger partial charge in [-0.25, -0.2) is 4.79 Å². The lowest BCUT2D eigenvalue weighted by Gasteiger charge is -2.21. The standard InChI is InChI=1S/C27H32N2O5/c1-4-5-14-24(25(30)28-15-22(17(2)3)26(31)32)29-27(33)34-16-23-20-12-8-6-10-18(20)19-11-7-9-13-21(19)23/h4,6-13,17,22-24H,1,5,14-16H2,2-3H3,(H,28,30)(H,29,33)(H,31,32). The lowest BCUT2D eigenvalue weighted by atomic mass is 9.96. The van der Waals surface area contributed by atoms with Gasteiger partial charge in [-0.1, -0.05) is 68.5 Å². The van der Waals surface area contributed by atoms with Crippen molar-refractivity contribution in [2.45, 2.75) is 38.6 Å². The minimum Gasteiger partial charge on any atom is -0.481 e. The predicted molar refractivity (Wildman–Crippen MR) is 130 cm³/mol. The van der Waals surface area contributed by atoms with E-state index in [-0.39, 0.29) is 25.0 Å². The fourth-order valence-corrected chi connectivity index (χ4v) is 4.28. The second-order valence-corrected chi connectivity index (χ2v) is 8.82. The number of nitrogens with one attached hydrogen (secondary N) is 2. The van der Waals surface area contributed by atoms with E-state index in [1.165, 1.54) is 0 Å². The second kappa shape index (κ2) is 11.5. The molecule has 3 N–H and O–H groups in total. The van der Waals surface area contributed by atoms with Gasteiger partial charge in [0, 0.05) is 12.5 Å². The highest BCUT2D eigenvalue weighted by atomic mass is 16.5. The Labute approximate surface area is 200 Å². The summed E-state index contributed by atoms with van der Waals surface area (Å²) in [5.74, 6) is -2.34. The molecule has 2 unspecified atom stereocenters. The zero-order valence-electron chi connectivity index (χ0n) is 19.6. The summed E-state index contributed by atoms with van der Waals surface area (Å²) in [6.45, 7) is 7.38. The zero-order chi connectivity index (χ0) is 24.7. The summed E-state index contributed by atoms with van der Waals surface area (Å²) < 4.78 is 5.55. The Balaban J connectivity index is 1.62. The van der Waals surface area contributed by atoms with Gasteiger partial charge in [-0.05, 0) is 41.0 Å². The number of hydrogen-bond acceptors (Lipinski definition) is 4. The number of benzene rings is 2. The van der Waals surface area contributed by atoms with E-state index < -0.39 is 29.9 Å². The highest BCUT2D eigenvalue weighted by Gasteiger charge is 2.30. The first-order chi connectivity index (χ1) is 16.3. The third-order valence-electron chi connectivity index (χ3n) is 6.23. The van der Waals surface area contributed by atoms with Gasteiger partial charge >= 0.3 is 12.1 Å². The molecule has 1 aliphatic rings. The van der Waals surface area contributed by atoms with Crippen LogP contribution >= 0.6 is 0 Å². The van der Waals surface area contributed by atoms with Crippen LogP contribution in [-0.4, -0.2) is 42.3 Å². The van der Waals surface area contributed by atoms with Gasteiger partial charge in [0.05, 0.1) is 5.92 Å². The predicted octanol–water partition coefficient (Wildman–Crippen LogP) is 4.33. The molecule has 0 heterocycles. The molecule has 0 bridgehead atoms. The van der Waals surface area contributed by atoms with Crippen LogP contribution in [-0.2, 0) is 14.3 Å². The van der Waals surface area contributed by atoms with Crippen LogP contribution in [0.4, 0.5) is 4.79 Å². The van der Waals surface area contributed by atoms with Gasteiger partial charge in [-0.3, -0.25) is 9.59 Å². The van der Waals surface area contributed by atoms with Crippen molar-refractivity contribution in [3.8, 4) is 11.1 Å². The van der Waals surface area contributed by atoms with Crippen LogP contribution in [0, 0.1) is 11.8 Å². The molecule has 7 heteroatoms. The monoisotopic (exact) mass is 464 g/mol. The van der Waals surface area contributed by atoms with Crippen LogP contribution in [0.2, 0.25) is 0 Å². The molecule has 0 spiro atoms. The third kappa shape index (κ3) is 5.84. The number of amides is 2. The van der Waals surface area contributed by atoms with Gasteiger partial charge < -0.3 is 20.5 Å². The molecule has 3 rings (SSSR count). The summed E-state index contributed by atoms with van der Waals surface area (Å²) in [5.41, 5.74) is 4.47. The Morgan fingerprint density at radius 1 is 1.06 bits per heavy atom. The molecule has 34 heavy (non-hydrogen) atoms. The van der Waals surface area contributed by atoms with Gasteiger partial charge in [-0.2, -0.15) is 0 Å².